The molecule has 0 aromatic heterocycles. The number of hydrogen-bond donors (Lipinski definition) is 3. The monoisotopic (exact) mass is 412 g/mol. The summed E-state index contributed by atoms with van der Waals surface area (Å²) in [4.78, 5) is 50.8. The number of hydrogen-bond acceptors (Lipinski definition) is 6. The van der Waals surface area contributed by atoms with Gasteiger partial charge in [-0.3, -0.25) is 29.4 Å². The van der Waals surface area contributed by atoms with Crippen molar-refractivity contribution in [2.45, 2.75) is 57.2 Å². The van der Waals surface area contributed by atoms with E-state index in [0.29, 0.717) is 29.6 Å². The van der Waals surface area contributed by atoms with Crippen molar-refractivity contribution in [2.75, 3.05) is 13.6 Å². The second-order valence-corrected chi connectivity index (χ2v) is 8.46. The summed E-state index contributed by atoms with van der Waals surface area (Å²) in [5.41, 5.74) is 1.49. The number of benzene rings is 1. The molecule has 1 aromatic rings. The molecule has 2 fully saturated rings. The lowest BCUT2D eigenvalue weighted by Gasteiger charge is -2.30. The van der Waals surface area contributed by atoms with Gasteiger partial charge in [-0.05, 0) is 56.8 Å². The van der Waals surface area contributed by atoms with Gasteiger partial charge in [0.15, 0.2) is 0 Å². The van der Waals surface area contributed by atoms with E-state index in [4.69, 9.17) is 0 Å². The summed E-state index contributed by atoms with van der Waals surface area (Å²) in [6.45, 7) is 1.51. The first kappa shape index (κ1) is 20.7. The van der Waals surface area contributed by atoms with Crippen LogP contribution in [0.4, 0.5) is 0 Å². The van der Waals surface area contributed by atoms with E-state index in [0.717, 1.165) is 29.8 Å². The molecule has 1 saturated carbocycles. The maximum absolute atomic E-state index is 13.1. The third-order valence-corrected chi connectivity index (χ3v) is 6.41. The Kier molecular flexibility index (Phi) is 5.97. The average molecular weight is 412 g/mol. The van der Waals surface area contributed by atoms with E-state index in [9.17, 15) is 19.2 Å². The highest BCUT2D eigenvalue weighted by Crippen LogP contribution is 2.30. The molecule has 0 spiro atoms. The number of carbonyl (C=O) groups is 4. The minimum atomic E-state index is -0.934. The highest BCUT2D eigenvalue weighted by Gasteiger charge is 2.45. The average Bonchev–Trinajstić information content (AvgIpc) is 2.98. The molecule has 4 amide bonds. The first-order valence-corrected chi connectivity index (χ1v) is 10.7. The predicted octanol–water partition coefficient (Wildman–Crippen LogP) is 0.956. The zero-order valence-electron chi connectivity index (χ0n) is 17.2. The molecule has 3 aliphatic rings. The van der Waals surface area contributed by atoms with Crippen LogP contribution in [0.5, 0.6) is 0 Å². The van der Waals surface area contributed by atoms with Crippen molar-refractivity contribution >= 4 is 23.6 Å². The molecule has 1 aromatic carbocycles. The van der Waals surface area contributed by atoms with Crippen LogP contribution in [-0.2, 0) is 16.1 Å². The van der Waals surface area contributed by atoms with Crippen molar-refractivity contribution in [3.8, 4) is 0 Å². The van der Waals surface area contributed by atoms with E-state index < -0.39 is 23.8 Å². The van der Waals surface area contributed by atoms with E-state index in [1.54, 1.807) is 12.1 Å². The normalized spacial score (nSPS) is 26.7. The van der Waals surface area contributed by atoms with Gasteiger partial charge < -0.3 is 10.6 Å². The van der Waals surface area contributed by atoms with Crippen molar-refractivity contribution < 1.29 is 19.2 Å². The fourth-order valence-electron chi connectivity index (χ4n) is 4.94. The molecule has 3 unspecified atom stereocenters. The molecule has 3 atom stereocenters. The van der Waals surface area contributed by atoms with Gasteiger partial charge in [-0.15, -0.1) is 0 Å². The Morgan fingerprint density at radius 1 is 1.10 bits per heavy atom. The van der Waals surface area contributed by atoms with Gasteiger partial charge >= 0.3 is 0 Å². The Bertz CT molecular complexity index is 882. The molecule has 1 saturated heterocycles. The number of carbonyl (C=O) groups excluding carboxylic acids is 4. The smallest absolute Gasteiger partial charge is 0.262 e. The van der Waals surface area contributed by atoms with Crippen LogP contribution in [0.3, 0.4) is 0 Å². The van der Waals surface area contributed by atoms with E-state index >= 15 is 0 Å². The number of nitrogens with one attached hydrogen (secondary N) is 3. The Morgan fingerprint density at radius 3 is 2.70 bits per heavy atom. The van der Waals surface area contributed by atoms with Crippen molar-refractivity contribution in [3.05, 3.63) is 34.9 Å². The molecule has 0 bridgehead atoms. The minimum Gasteiger partial charge on any atom is -0.319 e. The lowest BCUT2D eigenvalue weighted by atomic mass is 9.85. The lowest BCUT2D eigenvalue weighted by molar-refractivity contribution is -0.136. The van der Waals surface area contributed by atoms with Gasteiger partial charge in [0.25, 0.3) is 11.8 Å². The van der Waals surface area contributed by atoms with Crippen molar-refractivity contribution in [3.63, 3.8) is 0 Å². The number of rotatable bonds is 6. The Balaban J connectivity index is 1.49. The van der Waals surface area contributed by atoms with Crippen LogP contribution in [0.15, 0.2) is 18.2 Å². The molecule has 160 valence electrons. The minimum absolute atomic E-state index is 0.119. The summed E-state index contributed by atoms with van der Waals surface area (Å²) in [6, 6.07) is 4.72. The molecule has 2 aliphatic heterocycles. The standard InChI is InChI=1S/C22H28N4O4/c1-23-11-13-4-2-6-15(10-13)24-12-14-5-3-7-16-19(14)22(30)26(21(16)29)17-8-9-18(27)25-20(17)28/h3,5,7,13,15,17,23-24H,2,4,6,8-12H2,1H3,(H,25,27,28). The van der Waals surface area contributed by atoms with Crippen LogP contribution in [-0.4, -0.2) is 54.2 Å². The number of fused-ring (bicyclic) bond motifs is 1. The molecular weight excluding hydrogens is 384 g/mol. The molecule has 3 N–H and O–H groups in total. The summed E-state index contributed by atoms with van der Waals surface area (Å²) >= 11 is 0. The van der Waals surface area contributed by atoms with E-state index in [1.807, 2.05) is 13.1 Å². The number of imide groups is 2. The SMILES string of the molecule is CNCC1CCCC(NCc2cccc3c2C(=O)N(C2CCC(=O)NC2=O)C3=O)C1. The zero-order valence-corrected chi connectivity index (χ0v) is 17.2. The van der Waals surface area contributed by atoms with Gasteiger partial charge in [0.2, 0.25) is 11.8 Å². The summed E-state index contributed by atoms with van der Waals surface area (Å²) in [5.74, 6) is -1.22. The summed E-state index contributed by atoms with van der Waals surface area (Å²) in [5, 5.41) is 9.05. The lowest BCUT2D eigenvalue weighted by Crippen LogP contribution is -2.54. The van der Waals surface area contributed by atoms with Gasteiger partial charge in [0.05, 0.1) is 11.1 Å². The first-order chi connectivity index (χ1) is 14.5. The third-order valence-electron chi connectivity index (χ3n) is 6.41. The van der Waals surface area contributed by atoms with E-state index in [1.165, 1.54) is 12.8 Å². The van der Waals surface area contributed by atoms with Crippen molar-refractivity contribution in [2.24, 2.45) is 5.92 Å². The topological polar surface area (TPSA) is 108 Å². The molecular formula is C22H28N4O4. The molecule has 4 rings (SSSR count). The molecule has 8 nitrogen and oxygen atoms in total. The second-order valence-electron chi connectivity index (χ2n) is 8.46. The number of amides is 4. The van der Waals surface area contributed by atoms with Crippen LogP contribution in [0, 0.1) is 5.92 Å². The van der Waals surface area contributed by atoms with Crippen LogP contribution in [0.25, 0.3) is 0 Å². The largest absolute Gasteiger partial charge is 0.319 e. The second kappa shape index (κ2) is 8.65. The van der Waals surface area contributed by atoms with Crippen LogP contribution < -0.4 is 16.0 Å². The Morgan fingerprint density at radius 2 is 1.93 bits per heavy atom. The van der Waals surface area contributed by atoms with Crippen LogP contribution >= 0.6 is 0 Å². The van der Waals surface area contributed by atoms with Crippen molar-refractivity contribution in [1.29, 1.82) is 0 Å². The van der Waals surface area contributed by atoms with Gasteiger partial charge in [0.1, 0.15) is 6.04 Å². The summed E-state index contributed by atoms with van der Waals surface area (Å²) in [7, 11) is 1.97. The van der Waals surface area contributed by atoms with Crippen molar-refractivity contribution in [1.82, 2.24) is 20.9 Å². The quantitative estimate of drug-likeness (QED) is 0.601. The molecule has 2 heterocycles. The number of nitrogens with zero attached hydrogens (tertiary/aromatic N) is 1. The molecule has 0 radical (unpaired) electrons. The summed E-state index contributed by atoms with van der Waals surface area (Å²) in [6.07, 6.45) is 4.88. The van der Waals surface area contributed by atoms with Gasteiger partial charge in [-0.2, -0.15) is 0 Å². The highest BCUT2D eigenvalue weighted by molar-refractivity contribution is 6.24. The predicted molar refractivity (Wildman–Crippen MR) is 110 cm³/mol. The maximum atomic E-state index is 13.1. The third kappa shape index (κ3) is 3.89. The van der Waals surface area contributed by atoms with Crippen LogP contribution in [0.1, 0.15) is 64.8 Å². The van der Waals surface area contributed by atoms with Crippen LogP contribution in [0.2, 0.25) is 0 Å². The Labute approximate surface area is 175 Å². The molecule has 1 aliphatic carbocycles. The fraction of sp³-hybridized carbons (Fsp3) is 0.545. The first-order valence-electron chi connectivity index (χ1n) is 10.7. The molecule has 8 heteroatoms. The van der Waals surface area contributed by atoms with E-state index in [-0.39, 0.29) is 18.7 Å². The number of piperidine rings is 1. The van der Waals surface area contributed by atoms with E-state index in [2.05, 4.69) is 16.0 Å². The maximum Gasteiger partial charge on any atom is 0.262 e. The Hall–Kier alpha value is -2.58. The summed E-state index contributed by atoms with van der Waals surface area (Å²) < 4.78 is 0. The fourth-order valence-corrected chi connectivity index (χ4v) is 4.94. The highest BCUT2D eigenvalue weighted by atomic mass is 16.2. The molecule has 30 heavy (non-hydrogen) atoms. The van der Waals surface area contributed by atoms with Gasteiger partial charge in [-0.1, -0.05) is 18.6 Å². The zero-order chi connectivity index (χ0) is 21.3. The van der Waals surface area contributed by atoms with Gasteiger partial charge in [0, 0.05) is 19.0 Å². The van der Waals surface area contributed by atoms with Gasteiger partial charge in [-0.25, -0.2) is 0 Å².